The van der Waals surface area contributed by atoms with Crippen LogP contribution in [-0.2, 0) is 11.2 Å². The first-order valence-electron chi connectivity index (χ1n) is 4.58. The smallest absolute Gasteiger partial charge is 0.211 e. The fourth-order valence-corrected chi connectivity index (χ4v) is 1.55. The lowest BCUT2D eigenvalue weighted by molar-refractivity contribution is 0.553. The number of benzene rings is 1. The largest absolute Gasteiger partial charge is 0.235 e. The second kappa shape index (κ2) is 3.35. The van der Waals surface area contributed by atoms with Gasteiger partial charge in [0.2, 0.25) is 6.08 Å². The van der Waals surface area contributed by atoms with Gasteiger partial charge in [-0.1, -0.05) is 12.1 Å². The van der Waals surface area contributed by atoms with Crippen LogP contribution in [0, 0.1) is 5.82 Å². The molecule has 0 radical (unpaired) electrons. The van der Waals surface area contributed by atoms with Crippen LogP contribution in [0.15, 0.2) is 29.3 Å². The molecular weight excluding hydrogens is 181 g/mol. The normalized spacial score (nSPS) is 17.2. The molecule has 2 rings (SSSR count). The first kappa shape index (κ1) is 9.10. The van der Waals surface area contributed by atoms with Crippen molar-refractivity contribution in [1.82, 2.24) is 0 Å². The number of hydrogen-bond donors (Lipinski definition) is 0. The highest BCUT2D eigenvalue weighted by molar-refractivity contribution is 5.37. The van der Waals surface area contributed by atoms with E-state index in [0.717, 1.165) is 18.4 Å². The quantitative estimate of drug-likeness (QED) is 0.532. The van der Waals surface area contributed by atoms with E-state index in [2.05, 4.69) is 4.99 Å². The molecule has 1 aliphatic carbocycles. The monoisotopic (exact) mass is 191 g/mol. The highest BCUT2D eigenvalue weighted by atomic mass is 19.1. The van der Waals surface area contributed by atoms with Crippen molar-refractivity contribution in [2.75, 3.05) is 0 Å². The molecule has 1 saturated carbocycles. The minimum Gasteiger partial charge on any atom is -0.211 e. The first-order chi connectivity index (χ1) is 6.74. The summed E-state index contributed by atoms with van der Waals surface area (Å²) in [7, 11) is 0. The Morgan fingerprint density at radius 3 is 2.50 bits per heavy atom. The van der Waals surface area contributed by atoms with Gasteiger partial charge in [0.25, 0.3) is 0 Å². The van der Waals surface area contributed by atoms with Crippen molar-refractivity contribution in [2.24, 2.45) is 4.99 Å². The molecule has 0 amide bonds. The fraction of sp³-hybridized carbons (Fsp3) is 0.364. The average molecular weight is 191 g/mol. The summed E-state index contributed by atoms with van der Waals surface area (Å²) in [6.45, 7) is 0. The minimum absolute atomic E-state index is 0.223. The third-order valence-electron chi connectivity index (χ3n) is 2.56. The molecule has 0 N–H and O–H groups in total. The molecule has 0 spiro atoms. The SMILES string of the molecule is O=C=NC1(Cc2ccc(F)cc2)CC1. The minimum atomic E-state index is -0.238. The van der Waals surface area contributed by atoms with Crippen molar-refractivity contribution in [3.05, 3.63) is 35.6 Å². The molecule has 0 aliphatic heterocycles. The summed E-state index contributed by atoms with van der Waals surface area (Å²) >= 11 is 0. The Kier molecular flexibility index (Phi) is 2.18. The average Bonchev–Trinajstić information content (AvgIpc) is 2.90. The van der Waals surface area contributed by atoms with Gasteiger partial charge in [0.05, 0.1) is 5.54 Å². The number of nitrogens with zero attached hydrogens (tertiary/aromatic N) is 1. The van der Waals surface area contributed by atoms with Crippen molar-refractivity contribution in [3.63, 3.8) is 0 Å². The Hall–Kier alpha value is -1.47. The summed E-state index contributed by atoms with van der Waals surface area (Å²) in [4.78, 5) is 13.9. The Balaban J connectivity index is 2.11. The molecular formula is C11H10FNO. The summed E-state index contributed by atoms with van der Waals surface area (Å²) in [5.74, 6) is -0.238. The molecule has 0 heterocycles. The predicted octanol–water partition coefficient (Wildman–Crippen LogP) is 2.24. The van der Waals surface area contributed by atoms with Gasteiger partial charge in [-0.3, -0.25) is 0 Å². The van der Waals surface area contributed by atoms with Gasteiger partial charge in [0, 0.05) is 0 Å². The maximum atomic E-state index is 12.6. The van der Waals surface area contributed by atoms with Crippen molar-refractivity contribution >= 4 is 6.08 Å². The van der Waals surface area contributed by atoms with Gasteiger partial charge in [-0.05, 0) is 37.0 Å². The third-order valence-corrected chi connectivity index (χ3v) is 2.56. The van der Waals surface area contributed by atoms with E-state index in [-0.39, 0.29) is 11.4 Å². The summed E-state index contributed by atoms with van der Waals surface area (Å²) in [6.07, 6.45) is 4.17. The maximum absolute atomic E-state index is 12.6. The Morgan fingerprint density at radius 2 is 2.00 bits per heavy atom. The van der Waals surface area contributed by atoms with Crippen LogP contribution in [-0.4, -0.2) is 11.6 Å². The zero-order valence-corrected chi connectivity index (χ0v) is 7.66. The number of carbonyl (C=O) groups excluding carboxylic acids is 1. The number of hydrogen-bond acceptors (Lipinski definition) is 2. The summed E-state index contributed by atoms with van der Waals surface area (Å²) in [5.41, 5.74) is 0.794. The van der Waals surface area contributed by atoms with Crippen LogP contribution in [0.3, 0.4) is 0 Å². The van der Waals surface area contributed by atoms with E-state index in [4.69, 9.17) is 0 Å². The lowest BCUT2D eigenvalue weighted by atomic mass is 10.1. The summed E-state index contributed by atoms with van der Waals surface area (Å²) in [5, 5.41) is 0. The van der Waals surface area contributed by atoms with E-state index in [1.807, 2.05) is 0 Å². The molecule has 2 nitrogen and oxygen atoms in total. The molecule has 0 aromatic heterocycles. The van der Waals surface area contributed by atoms with Crippen LogP contribution >= 0.6 is 0 Å². The number of aliphatic imine (C=N–C) groups is 1. The zero-order chi connectivity index (χ0) is 10.0. The Labute approximate surface area is 81.5 Å². The molecule has 0 unspecified atom stereocenters. The zero-order valence-electron chi connectivity index (χ0n) is 7.66. The van der Waals surface area contributed by atoms with Gasteiger partial charge in [-0.25, -0.2) is 9.18 Å². The van der Waals surface area contributed by atoms with Gasteiger partial charge in [0.1, 0.15) is 5.82 Å². The molecule has 0 saturated heterocycles. The second-order valence-electron chi connectivity index (χ2n) is 3.73. The van der Waals surface area contributed by atoms with Crippen LogP contribution in [0.25, 0.3) is 0 Å². The summed E-state index contributed by atoms with van der Waals surface area (Å²) in [6, 6.07) is 6.32. The van der Waals surface area contributed by atoms with E-state index < -0.39 is 0 Å². The molecule has 1 aromatic rings. The molecule has 1 fully saturated rings. The third kappa shape index (κ3) is 1.88. The molecule has 0 bridgehead atoms. The topological polar surface area (TPSA) is 29.4 Å². The van der Waals surface area contributed by atoms with E-state index in [9.17, 15) is 9.18 Å². The van der Waals surface area contributed by atoms with Gasteiger partial charge in [-0.2, -0.15) is 4.99 Å². The number of halogens is 1. The van der Waals surface area contributed by atoms with Crippen molar-refractivity contribution in [2.45, 2.75) is 24.8 Å². The standard InChI is InChI=1S/C11H10FNO/c12-10-3-1-9(2-4-10)7-11(5-6-11)13-8-14/h1-4H,5-7H2. The van der Waals surface area contributed by atoms with E-state index in [1.54, 1.807) is 18.2 Å². The summed E-state index contributed by atoms with van der Waals surface area (Å²) < 4.78 is 12.6. The van der Waals surface area contributed by atoms with Gasteiger partial charge >= 0.3 is 0 Å². The number of isocyanates is 1. The molecule has 72 valence electrons. The van der Waals surface area contributed by atoms with Gasteiger partial charge in [-0.15, -0.1) is 0 Å². The maximum Gasteiger partial charge on any atom is 0.235 e. The lowest BCUT2D eigenvalue weighted by Crippen LogP contribution is -2.08. The predicted molar refractivity (Wildman–Crippen MR) is 50.2 cm³/mol. The van der Waals surface area contributed by atoms with Gasteiger partial charge < -0.3 is 0 Å². The van der Waals surface area contributed by atoms with Crippen LogP contribution in [0.2, 0.25) is 0 Å². The first-order valence-corrected chi connectivity index (χ1v) is 4.58. The molecule has 1 aliphatic rings. The van der Waals surface area contributed by atoms with Crippen molar-refractivity contribution in [3.8, 4) is 0 Å². The molecule has 3 heteroatoms. The van der Waals surface area contributed by atoms with Crippen molar-refractivity contribution < 1.29 is 9.18 Å². The fourth-order valence-electron chi connectivity index (χ4n) is 1.55. The molecule has 14 heavy (non-hydrogen) atoms. The second-order valence-corrected chi connectivity index (χ2v) is 3.73. The Bertz CT molecular complexity index is 375. The van der Waals surface area contributed by atoms with Crippen LogP contribution < -0.4 is 0 Å². The molecule has 1 aromatic carbocycles. The van der Waals surface area contributed by atoms with Crippen LogP contribution in [0.1, 0.15) is 18.4 Å². The van der Waals surface area contributed by atoms with Crippen molar-refractivity contribution in [1.29, 1.82) is 0 Å². The van der Waals surface area contributed by atoms with E-state index in [0.29, 0.717) is 6.42 Å². The molecule has 0 atom stereocenters. The van der Waals surface area contributed by atoms with E-state index in [1.165, 1.54) is 12.1 Å². The highest BCUT2D eigenvalue weighted by Crippen LogP contribution is 2.42. The lowest BCUT2D eigenvalue weighted by Gasteiger charge is -2.06. The van der Waals surface area contributed by atoms with Gasteiger partial charge in [0.15, 0.2) is 0 Å². The van der Waals surface area contributed by atoms with E-state index >= 15 is 0 Å². The number of rotatable bonds is 3. The Morgan fingerprint density at radius 1 is 1.36 bits per heavy atom. The highest BCUT2D eigenvalue weighted by Gasteiger charge is 2.42. The van der Waals surface area contributed by atoms with Crippen LogP contribution in [0.5, 0.6) is 0 Å². The van der Waals surface area contributed by atoms with Crippen LogP contribution in [0.4, 0.5) is 4.39 Å².